The van der Waals surface area contributed by atoms with Crippen LogP contribution in [0.2, 0.25) is 0 Å². The molecule has 1 aliphatic carbocycles. The first-order valence-electron chi connectivity index (χ1n) is 6.99. The van der Waals surface area contributed by atoms with Crippen LogP contribution in [0.15, 0.2) is 0 Å². The van der Waals surface area contributed by atoms with Crippen molar-refractivity contribution >= 4 is 23.7 Å². The number of hydrogen-bond donors (Lipinski definition) is 2. The van der Waals surface area contributed by atoms with Gasteiger partial charge in [-0.3, -0.25) is 9.69 Å². The fourth-order valence-electron chi connectivity index (χ4n) is 3.23. The fraction of sp³-hybridized carbons (Fsp3) is 0.846. The van der Waals surface area contributed by atoms with Gasteiger partial charge in [0.2, 0.25) is 0 Å². The van der Waals surface area contributed by atoms with Gasteiger partial charge in [0.25, 0.3) is 5.91 Å². The van der Waals surface area contributed by atoms with E-state index in [2.05, 4.69) is 5.32 Å². The number of thioether (sulfide) groups is 1. The summed E-state index contributed by atoms with van der Waals surface area (Å²) in [7, 11) is 0. The van der Waals surface area contributed by atoms with E-state index < -0.39 is 5.54 Å². The Bertz CT molecular complexity index is 364. The van der Waals surface area contributed by atoms with Crippen LogP contribution in [-0.4, -0.2) is 47.5 Å². The van der Waals surface area contributed by atoms with Crippen LogP contribution in [0.4, 0.5) is 4.79 Å². The number of nitrogens with zero attached hydrogens (tertiary/aromatic N) is 1. The second-order valence-corrected chi connectivity index (χ2v) is 6.37. The molecule has 2 rings (SSSR count). The normalized spacial score (nSPS) is 31.1. The number of carbonyl (C=O) groups is 2. The minimum atomic E-state index is -0.705. The first-order valence-corrected chi connectivity index (χ1v) is 8.38. The third kappa shape index (κ3) is 2.60. The molecule has 3 N–H and O–H groups in total. The standard InChI is InChI=1S/C13H23N3O2S/c1-19-8-4-7-16-11(17)13(15-12(16)18)6-3-2-5-10(13)9-14/h10H,2-9,14H2,1H3,(H,15,18). The van der Waals surface area contributed by atoms with Crippen molar-refractivity contribution in [1.82, 2.24) is 10.2 Å². The van der Waals surface area contributed by atoms with E-state index in [1.165, 1.54) is 4.90 Å². The van der Waals surface area contributed by atoms with Gasteiger partial charge in [0.05, 0.1) is 0 Å². The number of imide groups is 1. The van der Waals surface area contributed by atoms with Gasteiger partial charge in [0, 0.05) is 12.5 Å². The topological polar surface area (TPSA) is 75.4 Å². The van der Waals surface area contributed by atoms with Crippen LogP contribution >= 0.6 is 11.8 Å². The van der Waals surface area contributed by atoms with Crippen molar-refractivity contribution in [2.45, 2.75) is 37.6 Å². The van der Waals surface area contributed by atoms with Crippen molar-refractivity contribution in [3.8, 4) is 0 Å². The lowest BCUT2D eigenvalue weighted by atomic mass is 9.72. The highest BCUT2D eigenvalue weighted by Crippen LogP contribution is 2.38. The number of rotatable bonds is 5. The van der Waals surface area contributed by atoms with Crippen LogP contribution in [0.1, 0.15) is 32.1 Å². The Hall–Kier alpha value is -0.750. The number of nitrogens with one attached hydrogen (secondary N) is 1. The van der Waals surface area contributed by atoms with Gasteiger partial charge in [0.1, 0.15) is 5.54 Å². The molecule has 0 aromatic carbocycles. The quantitative estimate of drug-likeness (QED) is 0.587. The second kappa shape index (κ2) is 6.13. The Kier molecular flexibility index (Phi) is 4.73. The zero-order valence-electron chi connectivity index (χ0n) is 11.5. The molecule has 2 aliphatic rings. The van der Waals surface area contributed by atoms with Gasteiger partial charge < -0.3 is 11.1 Å². The van der Waals surface area contributed by atoms with Crippen molar-refractivity contribution < 1.29 is 9.59 Å². The van der Waals surface area contributed by atoms with Gasteiger partial charge >= 0.3 is 6.03 Å². The summed E-state index contributed by atoms with van der Waals surface area (Å²) in [6.45, 7) is 0.981. The minimum Gasteiger partial charge on any atom is -0.330 e. The summed E-state index contributed by atoms with van der Waals surface area (Å²) < 4.78 is 0. The van der Waals surface area contributed by atoms with Crippen molar-refractivity contribution in [2.75, 3.05) is 25.1 Å². The first-order chi connectivity index (χ1) is 9.15. The van der Waals surface area contributed by atoms with E-state index in [-0.39, 0.29) is 17.9 Å². The monoisotopic (exact) mass is 285 g/mol. The highest BCUT2D eigenvalue weighted by atomic mass is 32.2. The number of urea groups is 1. The minimum absolute atomic E-state index is 0.0475. The maximum atomic E-state index is 12.6. The lowest BCUT2D eigenvalue weighted by Crippen LogP contribution is -2.57. The van der Waals surface area contributed by atoms with Crippen LogP contribution in [0, 0.1) is 5.92 Å². The molecule has 2 atom stereocenters. The smallest absolute Gasteiger partial charge is 0.325 e. The Labute approximate surface area is 118 Å². The second-order valence-electron chi connectivity index (χ2n) is 5.38. The van der Waals surface area contributed by atoms with Crippen LogP contribution in [0.5, 0.6) is 0 Å². The van der Waals surface area contributed by atoms with E-state index in [4.69, 9.17) is 5.73 Å². The molecule has 0 radical (unpaired) electrons. The molecule has 6 heteroatoms. The van der Waals surface area contributed by atoms with E-state index in [1.54, 1.807) is 11.8 Å². The highest BCUT2D eigenvalue weighted by molar-refractivity contribution is 7.98. The summed E-state index contributed by atoms with van der Waals surface area (Å²) >= 11 is 1.73. The average Bonchev–Trinajstić information content (AvgIpc) is 2.64. The molecule has 1 spiro atoms. The maximum Gasteiger partial charge on any atom is 0.325 e. The molecular weight excluding hydrogens is 262 g/mol. The largest absolute Gasteiger partial charge is 0.330 e. The molecule has 1 aliphatic heterocycles. The van der Waals surface area contributed by atoms with Gasteiger partial charge in [-0.1, -0.05) is 12.8 Å². The molecule has 1 saturated carbocycles. The van der Waals surface area contributed by atoms with Crippen LogP contribution in [0.25, 0.3) is 0 Å². The molecule has 0 aromatic rings. The van der Waals surface area contributed by atoms with Crippen LogP contribution in [-0.2, 0) is 4.79 Å². The summed E-state index contributed by atoms with van der Waals surface area (Å²) in [6.07, 6.45) is 6.63. The predicted molar refractivity (Wildman–Crippen MR) is 77.0 cm³/mol. The SMILES string of the molecule is CSCCCN1C(=O)NC2(CCCCC2CN)C1=O. The zero-order valence-corrected chi connectivity index (χ0v) is 12.3. The molecule has 3 amide bonds. The van der Waals surface area contributed by atoms with E-state index in [0.29, 0.717) is 13.1 Å². The van der Waals surface area contributed by atoms with Gasteiger partial charge in [-0.15, -0.1) is 0 Å². The van der Waals surface area contributed by atoms with E-state index in [9.17, 15) is 9.59 Å². The summed E-state index contributed by atoms with van der Waals surface area (Å²) in [6, 6.07) is -0.230. The molecule has 5 nitrogen and oxygen atoms in total. The summed E-state index contributed by atoms with van der Waals surface area (Å²) in [4.78, 5) is 26.1. The molecule has 2 unspecified atom stereocenters. The first kappa shape index (κ1) is 14.7. The summed E-state index contributed by atoms with van der Waals surface area (Å²) in [5, 5.41) is 2.95. The predicted octanol–water partition coefficient (Wildman–Crippen LogP) is 1.18. The van der Waals surface area contributed by atoms with Crippen molar-refractivity contribution in [2.24, 2.45) is 11.7 Å². The third-order valence-corrected chi connectivity index (χ3v) is 4.98. The van der Waals surface area contributed by atoms with E-state index >= 15 is 0 Å². The molecule has 2 fully saturated rings. The number of carbonyl (C=O) groups excluding carboxylic acids is 2. The Morgan fingerprint density at radius 3 is 2.95 bits per heavy atom. The van der Waals surface area contributed by atoms with Crippen LogP contribution in [0.3, 0.4) is 0 Å². The summed E-state index contributed by atoms with van der Waals surface area (Å²) in [5.41, 5.74) is 5.10. The van der Waals surface area contributed by atoms with Gasteiger partial charge in [-0.2, -0.15) is 11.8 Å². The number of amides is 3. The molecule has 108 valence electrons. The number of nitrogens with two attached hydrogens (primary N) is 1. The molecular formula is C13H23N3O2S. The van der Waals surface area contributed by atoms with Gasteiger partial charge in [0.15, 0.2) is 0 Å². The van der Waals surface area contributed by atoms with Gasteiger partial charge in [-0.25, -0.2) is 4.79 Å². The third-order valence-electron chi connectivity index (χ3n) is 4.29. The van der Waals surface area contributed by atoms with E-state index in [0.717, 1.165) is 37.9 Å². The lowest BCUT2D eigenvalue weighted by molar-refractivity contribution is -0.134. The molecule has 19 heavy (non-hydrogen) atoms. The molecule has 0 bridgehead atoms. The van der Waals surface area contributed by atoms with Crippen molar-refractivity contribution in [3.05, 3.63) is 0 Å². The zero-order chi connectivity index (χ0) is 13.9. The van der Waals surface area contributed by atoms with Gasteiger partial charge in [-0.05, 0) is 37.8 Å². The Morgan fingerprint density at radius 2 is 2.26 bits per heavy atom. The molecule has 1 heterocycles. The van der Waals surface area contributed by atoms with E-state index in [1.807, 2.05) is 6.26 Å². The lowest BCUT2D eigenvalue weighted by Gasteiger charge is -2.38. The molecule has 0 aromatic heterocycles. The fourth-order valence-corrected chi connectivity index (χ4v) is 3.64. The highest BCUT2D eigenvalue weighted by Gasteiger charge is 2.55. The Morgan fingerprint density at radius 1 is 1.47 bits per heavy atom. The average molecular weight is 285 g/mol. The summed E-state index contributed by atoms with van der Waals surface area (Å²) in [5.74, 6) is 1.00. The van der Waals surface area contributed by atoms with Crippen molar-refractivity contribution in [1.29, 1.82) is 0 Å². The van der Waals surface area contributed by atoms with Crippen molar-refractivity contribution in [3.63, 3.8) is 0 Å². The Balaban J connectivity index is 2.11. The number of hydrogen-bond acceptors (Lipinski definition) is 4. The molecule has 1 saturated heterocycles. The van der Waals surface area contributed by atoms with Crippen LogP contribution < -0.4 is 11.1 Å². The maximum absolute atomic E-state index is 12.6.